The smallest absolute Gasteiger partial charge is 0.343 e. The van der Waals surface area contributed by atoms with Crippen molar-refractivity contribution in [3.63, 3.8) is 0 Å². The van der Waals surface area contributed by atoms with E-state index in [0.717, 1.165) is 5.56 Å². The maximum atomic E-state index is 12.2. The Balaban J connectivity index is 2.12. The molecule has 1 aromatic carbocycles. The zero-order valence-corrected chi connectivity index (χ0v) is 15.7. The van der Waals surface area contributed by atoms with E-state index in [9.17, 15) is 9.59 Å². The molecule has 0 aliphatic rings. The molecule has 2 rings (SSSR count). The van der Waals surface area contributed by atoms with Gasteiger partial charge in [-0.15, -0.1) is 0 Å². The molecule has 0 saturated carbocycles. The number of carbonyl (C=O) groups excluding carboxylic acids is 2. The topological polar surface area (TPSA) is 73.2 Å². The molecule has 0 aliphatic carbocycles. The summed E-state index contributed by atoms with van der Waals surface area (Å²) in [6.45, 7) is 5.24. The first kappa shape index (κ1) is 19.3. The molecular formula is C17H19Cl2N3O3. The molecule has 0 fully saturated rings. The molecule has 0 atom stereocenters. The van der Waals surface area contributed by atoms with Gasteiger partial charge < -0.3 is 10.1 Å². The Kier molecular flexibility index (Phi) is 6.45. The summed E-state index contributed by atoms with van der Waals surface area (Å²) < 4.78 is 6.50. The lowest BCUT2D eigenvalue weighted by molar-refractivity contribution is -0.124. The summed E-state index contributed by atoms with van der Waals surface area (Å²) in [5, 5.41) is 7.64. The summed E-state index contributed by atoms with van der Waals surface area (Å²) in [7, 11) is 0. The van der Waals surface area contributed by atoms with Gasteiger partial charge in [0.05, 0.1) is 12.2 Å². The van der Waals surface area contributed by atoms with E-state index in [0.29, 0.717) is 17.3 Å². The van der Waals surface area contributed by atoms with Gasteiger partial charge in [0.1, 0.15) is 10.7 Å². The number of carbonyl (C=O) groups is 2. The van der Waals surface area contributed by atoms with Crippen LogP contribution in [0.4, 0.5) is 0 Å². The van der Waals surface area contributed by atoms with Gasteiger partial charge in [-0.05, 0) is 32.4 Å². The number of hydrogen-bond acceptors (Lipinski definition) is 4. The van der Waals surface area contributed by atoms with Crippen LogP contribution in [0.1, 0.15) is 35.5 Å². The van der Waals surface area contributed by atoms with E-state index < -0.39 is 5.97 Å². The summed E-state index contributed by atoms with van der Waals surface area (Å²) in [5.41, 5.74) is 1.39. The SMILES string of the molecule is Cc1nn(Cc2ccccc2Cl)c(Cl)c1C(=O)OCC(=O)NC(C)C. The number of aromatic nitrogens is 2. The average molecular weight is 384 g/mol. The third-order valence-electron chi connectivity index (χ3n) is 3.33. The number of hydrogen-bond donors (Lipinski definition) is 1. The molecule has 1 amide bonds. The summed E-state index contributed by atoms with van der Waals surface area (Å²) in [4.78, 5) is 23.8. The molecule has 0 radical (unpaired) electrons. The average Bonchev–Trinajstić information content (AvgIpc) is 2.81. The van der Waals surface area contributed by atoms with E-state index in [4.69, 9.17) is 27.9 Å². The first-order valence-electron chi connectivity index (χ1n) is 7.72. The molecular weight excluding hydrogens is 365 g/mol. The highest BCUT2D eigenvalue weighted by Crippen LogP contribution is 2.24. The molecule has 1 heterocycles. The van der Waals surface area contributed by atoms with Crippen molar-refractivity contribution in [3.05, 3.63) is 51.3 Å². The number of halogens is 2. The Hall–Kier alpha value is -2.05. The van der Waals surface area contributed by atoms with E-state index in [1.54, 1.807) is 13.0 Å². The molecule has 6 nitrogen and oxygen atoms in total. The fraction of sp³-hybridized carbons (Fsp3) is 0.353. The van der Waals surface area contributed by atoms with Gasteiger partial charge in [0.15, 0.2) is 6.61 Å². The fourth-order valence-corrected chi connectivity index (χ4v) is 2.75. The molecule has 134 valence electrons. The van der Waals surface area contributed by atoms with Crippen LogP contribution in [0.2, 0.25) is 10.2 Å². The van der Waals surface area contributed by atoms with Crippen LogP contribution in [0.25, 0.3) is 0 Å². The lowest BCUT2D eigenvalue weighted by Crippen LogP contribution is -2.34. The Morgan fingerprint density at radius 1 is 1.28 bits per heavy atom. The van der Waals surface area contributed by atoms with Gasteiger partial charge >= 0.3 is 5.97 Å². The molecule has 25 heavy (non-hydrogen) atoms. The molecule has 0 unspecified atom stereocenters. The summed E-state index contributed by atoms with van der Waals surface area (Å²) in [5.74, 6) is -1.06. The molecule has 1 N–H and O–H groups in total. The van der Waals surface area contributed by atoms with Gasteiger partial charge in [-0.25, -0.2) is 9.48 Å². The number of nitrogens with zero attached hydrogens (tertiary/aromatic N) is 2. The number of benzene rings is 1. The third-order valence-corrected chi connectivity index (χ3v) is 4.08. The monoisotopic (exact) mass is 383 g/mol. The highest BCUT2D eigenvalue weighted by Gasteiger charge is 2.23. The van der Waals surface area contributed by atoms with Crippen LogP contribution in [0.5, 0.6) is 0 Å². The quantitative estimate of drug-likeness (QED) is 0.777. The van der Waals surface area contributed by atoms with Gasteiger partial charge in [0.25, 0.3) is 5.91 Å². The lowest BCUT2D eigenvalue weighted by atomic mass is 10.2. The molecule has 1 aromatic heterocycles. The van der Waals surface area contributed by atoms with Crippen LogP contribution in [0.3, 0.4) is 0 Å². The predicted octanol–water partition coefficient (Wildman–Crippen LogP) is 3.23. The van der Waals surface area contributed by atoms with Crippen LogP contribution < -0.4 is 5.32 Å². The number of rotatable bonds is 6. The fourth-order valence-electron chi connectivity index (χ4n) is 2.24. The van der Waals surface area contributed by atoms with Crippen molar-refractivity contribution < 1.29 is 14.3 Å². The van der Waals surface area contributed by atoms with E-state index >= 15 is 0 Å². The third kappa shape index (κ3) is 4.96. The largest absolute Gasteiger partial charge is 0.452 e. The van der Waals surface area contributed by atoms with Gasteiger partial charge in [-0.3, -0.25) is 4.79 Å². The van der Waals surface area contributed by atoms with Crippen LogP contribution in [0.15, 0.2) is 24.3 Å². The standard InChI is InChI=1S/C17H19Cl2N3O3/c1-10(2)20-14(23)9-25-17(24)15-11(3)21-22(16(15)19)8-12-6-4-5-7-13(12)18/h4-7,10H,8-9H2,1-3H3,(H,20,23). The minimum Gasteiger partial charge on any atom is -0.452 e. The summed E-state index contributed by atoms with van der Waals surface area (Å²) in [6, 6.07) is 7.27. The molecule has 2 aromatic rings. The van der Waals surface area contributed by atoms with E-state index in [1.807, 2.05) is 32.0 Å². The summed E-state index contributed by atoms with van der Waals surface area (Å²) in [6.07, 6.45) is 0. The molecule has 0 saturated heterocycles. The van der Waals surface area contributed by atoms with Crippen LogP contribution in [-0.4, -0.2) is 34.3 Å². The number of nitrogens with one attached hydrogen (secondary N) is 1. The Bertz CT molecular complexity index is 787. The minimum atomic E-state index is -0.688. The van der Waals surface area contributed by atoms with E-state index in [2.05, 4.69) is 10.4 Å². The Morgan fingerprint density at radius 3 is 2.60 bits per heavy atom. The second-order valence-corrected chi connectivity index (χ2v) is 6.56. The highest BCUT2D eigenvalue weighted by atomic mass is 35.5. The first-order chi connectivity index (χ1) is 11.8. The van der Waals surface area contributed by atoms with Crippen molar-refractivity contribution in [2.75, 3.05) is 6.61 Å². The molecule has 8 heteroatoms. The first-order valence-corrected chi connectivity index (χ1v) is 8.48. The second kappa shape index (κ2) is 8.36. The van der Waals surface area contributed by atoms with Gasteiger partial charge in [-0.1, -0.05) is 41.4 Å². The van der Waals surface area contributed by atoms with Gasteiger partial charge in [0.2, 0.25) is 0 Å². The Labute approximate surface area is 156 Å². The van der Waals surface area contributed by atoms with Crippen molar-refractivity contribution in [2.45, 2.75) is 33.4 Å². The van der Waals surface area contributed by atoms with Crippen molar-refractivity contribution >= 4 is 35.1 Å². The van der Waals surface area contributed by atoms with E-state index in [-0.39, 0.29) is 29.3 Å². The zero-order valence-electron chi connectivity index (χ0n) is 14.2. The van der Waals surface area contributed by atoms with Crippen molar-refractivity contribution in [3.8, 4) is 0 Å². The number of aryl methyl sites for hydroxylation is 1. The summed E-state index contributed by atoms with van der Waals surface area (Å²) >= 11 is 12.4. The lowest BCUT2D eigenvalue weighted by Gasteiger charge is -2.09. The normalized spacial score (nSPS) is 10.8. The van der Waals surface area contributed by atoms with Crippen molar-refractivity contribution in [1.29, 1.82) is 0 Å². The molecule has 0 spiro atoms. The van der Waals surface area contributed by atoms with Crippen LogP contribution in [-0.2, 0) is 16.1 Å². The van der Waals surface area contributed by atoms with Crippen molar-refractivity contribution in [1.82, 2.24) is 15.1 Å². The van der Waals surface area contributed by atoms with Crippen LogP contribution in [0, 0.1) is 6.92 Å². The highest BCUT2D eigenvalue weighted by molar-refractivity contribution is 6.33. The predicted molar refractivity (Wildman–Crippen MR) is 96.1 cm³/mol. The molecule has 0 aliphatic heterocycles. The van der Waals surface area contributed by atoms with Crippen molar-refractivity contribution in [2.24, 2.45) is 0 Å². The molecule has 0 bridgehead atoms. The van der Waals surface area contributed by atoms with Gasteiger partial charge in [0, 0.05) is 11.1 Å². The number of amides is 1. The number of ether oxygens (including phenoxy) is 1. The minimum absolute atomic E-state index is 0.0325. The number of esters is 1. The van der Waals surface area contributed by atoms with Gasteiger partial charge in [-0.2, -0.15) is 5.10 Å². The second-order valence-electron chi connectivity index (χ2n) is 5.80. The van der Waals surface area contributed by atoms with Crippen LogP contribution >= 0.6 is 23.2 Å². The Morgan fingerprint density at radius 2 is 1.96 bits per heavy atom. The zero-order chi connectivity index (χ0) is 18.6. The maximum Gasteiger partial charge on any atom is 0.343 e. The maximum absolute atomic E-state index is 12.2. The van der Waals surface area contributed by atoms with E-state index in [1.165, 1.54) is 4.68 Å².